The van der Waals surface area contributed by atoms with Crippen molar-refractivity contribution in [2.24, 2.45) is 0 Å². The summed E-state index contributed by atoms with van der Waals surface area (Å²) in [6, 6.07) is 8.61. The number of fused-ring (bicyclic) bond motifs is 1. The molecular weight excluding hydrogens is 250 g/mol. The first-order valence-corrected chi connectivity index (χ1v) is 7.04. The zero-order chi connectivity index (χ0) is 13.6. The van der Waals surface area contributed by atoms with Crippen LogP contribution in [0.4, 0.5) is 0 Å². The van der Waals surface area contributed by atoms with Crippen LogP contribution in [-0.4, -0.2) is 16.6 Å². The molecule has 0 amide bonds. The highest BCUT2D eigenvalue weighted by atomic mass is 16.5. The molecule has 20 heavy (non-hydrogen) atoms. The first-order chi connectivity index (χ1) is 9.81. The molecule has 1 fully saturated rings. The number of aromatic amines is 1. The molecule has 4 rings (SSSR count). The molecule has 2 aromatic rings. The summed E-state index contributed by atoms with van der Waals surface area (Å²) in [5, 5.41) is 9.22. The number of ether oxygens (including phenoxy) is 1. The Balaban J connectivity index is 1.70. The number of H-pyrrole nitrogens is 1. The van der Waals surface area contributed by atoms with Gasteiger partial charge in [0.05, 0.1) is 24.6 Å². The van der Waals surface area contributed by atoms with Crippen LogP contribution in [0.5, 0.6) is 5.75 Å². The largest absolute Gasteiger partial charge is 0.493 e. The first kappa shape index (κ1) is 11.5. The van der Waals surface area contributed by atoms with Gasteiger partial charge < -0.3 is 9.72 Å². The van der Waals surface area contributed by atoms with Gasteiger partial charge in [0.15, 0.2) is 0 Å². The summed E-state index contributed by atoms with van der Waals surface area (Å²) in [5.74, 6) is 1.80. The van der Waals surface area contributed by atoms with Crippen LogP contribution in [0, 0.1) is 11.3 Å². The lowest BCUT2D eigenvalue weighted by Gasteiger charge is -2.17. The van der Waals surface area contributed by atoms with Crippen molar-refractivity contribution in [1.82, 2.24) is 9.97 Å². The molecule has 0 radical (unpaired) electrons. The van der Waals surface area contributed by atoms with Gasteiger partial charge in [-0.1, -0.05) is 0 Å². The van der Waals surface area contributed by atoms with Crippen molar-refractivity contribution in [2.75, 3.05) is 6.61 Å². The summed E-state index contributed by atoms with van der Waals surface area (Å²) in [5.41, 5.74) is 3.00. The van der Waals surface area contributed by atoms with Gasteiger partial charge in [0.25, 0.3) is 0 Å². The molecule has 2 aliphatic rings. The molecule has 100 valence electrons. The number of rotatable bonds is 2. The minimum absolute atomic E-state index is 0.352. The van der Waals surface area contributed by atoms with E-state index in [2.05, 4.69) is 22.1 Å². The summed E-state index contributed by atoms with van der Waals surface area (Å²) >= 11 is 0. The molecule has 0 bridgehead atoms. The van der Waals surface area contributed by atoms with Gasteiger partial charge in [-0.25, -0.2) is 4.98 Å². The van der Waals surface area contributed by atoms with Crippen molar-refractivity contribution < 1.29 is 4.74 Å². The van der Waals surface area contributed by atoms with Gasteiger partial charge in [0.1, 0.15) is 17.0 Å². The van der Waals surface area contributed by atoms with Crippen molar-refractivity contribution in [3.05, 3.63) is 35.8 Å². The highest BCUT2D eigenvalue weighted by Crippen LogP contribution is 2.46. The maximum atomic E-state index is 9.22. The van der Waals surface area contributed by atoms with Crippen LogP contribution >= 0.6 is 0 Å². The van der Waals surface area contributed by atoms with Crippen LogP contribution in [0.25, 0.3) is 11.3 Å². The Kier molecular flexibility index (Phi) is 2.37. The number of nitriles is 1. The number of aromatic nitrogens is 2. The fourth-order valence-corrected chi connectivity index (χ4v) is 2.77. The standard InChI is InChI=1S/C16H15N3O/c17-10-16(5-6-16)15-18-9-13(19-15)11-3-4-14-12(8-11)2-1-7-20-14/h3-4,8-9H,1-2,5-7H2,(H,18,19). The molecule has 0 atom stereocenters. The second kappa shape index (κ2) is 4.11. The number of nitrogens with one attached hydrogen (secondary N) is 1. The van der Waals surface area contributed by atoms with E-state index in [0.717, 1.165) is 55.1 Å². The van der Waals surface area contributed by atoms with Gasteiger partial charge in [0, 0.05) is 5.56 Å². The van der Waals surface area contributed by atoms with Crippen LogP contribution in [0.15, 0.2) is 24.4 Å². The van der Waals surface area contributed by atoms with E-state index in [0.29, 0.717) is 0 Å². The molecule has 4 nitrogen and oxygen atoms in total. The zero-order valence-electron chi connectivity index (χ0n) is 11.1. The highest BCUT2D eigenvalue weighted by Gasteiger charge is 2.47. The Morgan fingerprint density at radius 2 is 2.25 bits per heavy atom. The van der Waals surface area contributed by atoms with E-state index in [4.69, 9.17) is 4.74 Å². The predicted octanol–water partition coefficient (Wildman–Crippen LogP) is 2.96. The molecule has 0 spiro atoms. The van der Waals surface area contributed by atoms with E-state index in [9.17, 15) is 5.26 Å². The summed E-state index contributed by atoms with van der Waals surface area (Å²) in [6.07, 6.45) is 5.79. The van der Waals surface area contributed by atoms with E-state index in [1.807, 2.05) is 18.3 Å². The van der Waals surface area contributed by atoms with Crippen molar-refractivity contribution >= 4 is 0 Å². The van der Waals surface area contributed by atoms with E-state index >= 15 is 0 Å². The normalized spacial score (nSPS) is 18.8. The minimum atomic E-state index is -0.352. The Morgan fingerprint density at radius 1 is 1.35 bits per heavy atom. The van der Waals surface area contributed by atoms with Crippen LogP contribution in [0.1, 0.15) is 30.7 Å². The van der Waals surface area contributed by atoms with Gasteiger partial charge >= 0.3 is 0 Å². The molecule has 1 aliphatic carbocycles. The summed E-state index contributed by atoms with van der Waals surface area (Å²) in [7, 11) is 0. The maximum absolute atomic E-state index is 9.22. The number of aryl methyl sites for hydroxylation is 1. The molecule has 1 saturated carbocycles. The van der Waals surface area contributed by atoms with Crippen molar-refractivity contribution in [1.29, 1.82) is 5.26 Å². The number of nitrogens with zero attached hydrogens (tertiary/aromatic N) is 2. The molecule has 1 aliphatic heterocycles. The average Bonchev–Trinajstić information content (AvgIpc) is 3.15. The van der Waals surface area contributed by atoms with Crippen LogP contribution in [0.3, 0.4) is 0 Å². The maximum Gasteiger partial charge on any atom is 0.127 e. The van der Waals surface area contributed by atoms with Gasteiger partial charge in [-0.05, 0) is 49.4 Å². The number of hydrogen-bond acceptors (Lipinski definition) is 3. The average molecular weight is 265 g/mol. The van der Waals surface area contributed by atoms with Crippen molar-refractivity contribution in [2.45, 2.75) is 31.1 Å². The van der Waals surface area contributed by atoms with E-state index < -0.39 is 0 Å². The summed E-state index contributed by atoms with van der Waals surface area (Å²) in [4.78, 5) is 7.72. The Hall–Kier alpha value is -2.28. The SMILES string of the molecule is N#CC1(c2ncc(-c3ccc4c(c3)CCCO4)[nH]2)CC1. The van der Waals surface area contributed by atoms with Gasteiger partial charge in [-0.2, -0.15) is 5.26 Å². The van der Waals surface area contributed by atoms with Crippen LogP contribution in [0.2, 0.25) is 0 Å². The third-order valence-electron chi connectivity index (χ3n) is 4.21. The monoisotopic (exact) mass is 265 g/mol. The highest BCUT2D eigenvalue weighted by molar-refractivity contribution is 5.62. The molecule has 0 unspecified atom stereocenters. The summed E-state index contributed by atoms with van der Waals surface area (Å²) in [6.45, 7) is 0.811. The smallest absolute Gasteiger partial charge is 0.127 e. The first-order valence-electron chi connectivity index (χ1n) is 7.04. The predicted molar refractivity (Wildman–Crippen MR) is 74.4 cm³/mol. The van der Waals surface area contributed by atoms with Crippen molar-refractivity contribution in [3.63, 3.8) is 0 Å². The van der Waals surface area contributed by atoms with Gasteiger partial charge in [0.2, 0.25) is 0 Å². The van der Waals surface area contributed by atoms with E-state index in [1.165, 1.54) is 5.56 Å². The Bertz CT molecular complexity index is 707. The Labute approximate surface area is 117 Å². The second-order valence-corrected chi connectivity index (χ2v) is 5.61. The van der Waals surface area contributed by atoms with Crippen LogP contribution < -0.4 is 4.74 Å². The number of imidazole rings is 1. The summed E-state index contributed by atoms with van der Waals surface area (Å²) < 4.78 is 5.63. The topological polar surface area (TPSA) is 61.7 Å². The zero-order valence-corrected chi connectivity index (χ0v) is 11.1. The third kappa shape index (κ3) is 1.70. The van der Waals surface area contributed by atoms with Crippen LogP contribution in [-0.2, 0) is 11.8 Å². The second-order valence-electron chi connectivity index (χ2n) is 5.61. The van der Waals surface area contributed by atoms with E-state index in [-0.39, 0.29) is 5.41 Å². The van der Waals surface area contributed by atoms with E-state index in [1.54, 1.807) is 0 Å². The lowest BCUT2D eigenvalue weighted by atomic mass is 10.0. The fourth-order valence-electron chi connectivity index (χ4n) is 2.77. The lowest BCUT2D eigenvalue weighted by molar-refractivity contribution is 0.288. The minimum Gasteiger partial charge on any atom is -0.493 e. The fraction of sp³-hybridized carbons (Fsp3) is 0.375. The van der Waals surface area contributed by atoms with Gasteiger partial charge in [-0.15, -0.1) is 0 Å². The molecule has 0 saturated heterocycles. The number of benzene rings is 1. The van der Waals surface area contributed by atoms with Gasteiger partial charge in [-0.3, -0.25) is 0 Å². The molecular formula is C16H15N3O. The quantitative estimate of drug-likeness (QED) is 0.908. The molecule has 4 heteroatoms. The Morgan fingerprint density at radius 3 is 3.05 bits per heavy atom. The van der Waals surface area contributed by atoms with Crippen molar-refractivity contribution in [3.8, 4) is 23.1 Å². The molecule has 1 aromatic carbocycles. The lowest BCUT2D eigenvalue weighted by Crippen LogP contribution is -2.08. The molecule has 2 heterocycles. The molecule has 1 N–H and O–H groups in total. The molecule has 1 aromatic heterocycles. The third-order valence-corrected chi connectivity index (χ3v) is 4.21. The number of hydrogen-bond donors (Lipinski definition) is 1.